The minimum Gasteiger partial charge on any atom is -0.479 e. The first-order valence-corrected chi connectivity index (χ1v) is 7.54. The van der Waals surface area contributed by atoms with Crippen LogP contribution >= 0.6 is 27.5 Å². The van der Waals surface area contributed by atoms with Gasteiger partial charge in [0.1, 0.15) is 12.4 Å². The van der Waals surface area contributed by atoms with Gasteiger partial charge in [-0.15, -0.1) is 6.42 Å². The number of ether oxygens (including phenoxy) is 1. The van der Waals surface area contributed by atoms with Crippen LogP contribution in [0.3, 0.4) is 0 Å². The van der Waals surface area contributed by atoms with Crippen molar-refractivity contribution in [2.24, 2.45) is 0 Å². The molecule has 2 rings (SSSR count). The molecule has 0 heterocycles. The highest BCUT2D eigenvalue weighted by molar-refractivity contribution is 9.10. The summed E-state index contributed by atoms with van der Waals surface area (Å²) in [5.41, 5.74) is 2.22. The van der Waals surface area contributed by atoms with Crippen LogP contribution in [0.15, 0.2) is 46.9 Å². The van der Waals surface area contributed by atoms with Gasteiger partial charge in [0.15, 0.2) is 0 Å². The molecule has 2 nitrogen and oxygen atoms in total. The zero-order chi connectivity index (χ0) is 15.9. The summed E-state index contributed by atoms with van der Waals surface area (Å²) in [7, 11) is 0. The molecule has 0 N–H and O–H groups in total. The van der Waals surface area contributed by atoms with E-state index in [0.717, 1.165) is 15.6 Å². The molecule has 0 atom stereocenters. The Labute approximate surface area is 143 Å². The highest BCUT2D eigenvalue weighted by Gasteiger charge is 2.04. The van der Waals surface area contributed by atoms with Crippen LogP contribution in [0, 0.1) is 23.7 Å². The number of hydrogen-bond donors (Lipinski definition) is 0. The van der Waals surface area contributed by atoms with E-state index in [1.54, 1.807) is 18.2 Å². The Bertz CT molecular complexity index is 782. The van der Waals surface area contributed by atoms with Gasteiger partial charge in [-0.3, -0.25) is 0 Å². The molecule has 0 saturated heterocycles. The molecule has 108 valence electrons. The minimum absolute atomic E-state index is 0.164. The van der Waals surface area contributed by atoms with Crippen molar-refractivity contribution in [2.75, 3.05) is 6.61 Å². The quantitative estimate of drug-likeness (QED) is 0.421. The second-order valence-corrected chi connectivity index (χ2v) is 5.68. The van der Waals surface area contributed by atoms with E-state index >= 15 is 0 Å². The Morgan fingerprint density at radius 2 is 2.00 bits per heavy atom. The van der Waals surface area contributed by atoms with Crippen molar-refractivity contribution in [3.05, 3.63) is 63.1 Å². The lowest BCUT2D eigenvalue weighted by atomic mass is 10.0. The first-order chi connectivity index (χ1) is 10.6. The predicted molar refractivity (Wildman–Crippen MR) is 93.4 cm³/mol. The molecule has 2 aromatic carbocycles. The van der Waals surface area contributed by atoms with Gasteiger partial charge in [-0.05, 0) is 41.5 Å². The largest absolute Gasteiger partial charge is 0.479 e. The molecule has 2 aromatic rings. The number of benzene rings is 2. The average Bonchev–Trinajstić information content (AvgIpc) is 2.53. The fourth-order valence-electron chi connectivity index (χ4n) is 1.82. The van der Waals surface area contributed by atoms with Gasteiger partial charge >= 0.3 is 0 Å². The van der Waals surface area contributed by atoms with Gasteiger partial charge in [-0.25, -0.2) is 0 Å². The van der Waals surface area contributed by atoms with Crippen LogP contribution in [0.1, 0.15) is 11.1 Å². The summed E-state index contributed by atoms with van der Waals surface area (Å²) in [5.74, 6) is 2.91. The van der Waals surface area contributed by atoms with Crippen molar-refractivity contribution in [1.82, 2.24) is 0 Å². The molecule has 0 bridgehead atoms. The number of terminal acetylenes is 1. The summed E-state index contributed by atoms with van der Waals surface area (Å²) in [5, 5.41) is 9.80. The van der Waals surface area contributed by atoms with Crippen molar-refractivity contribution in [3.8, 4) is 24.2 Å². The third-order valence-electron chi connectivity index (χ3n) is 2.85. The topological polar surface area (TPSA) is 33.0 Å². The highest BCUT2D eigenvalue weighted by Crippen LogP contribution is 2.27. The summed E-state index contributed by atoms with van der Waals surface area (Å²) < 4.78 is 6.28. The van der Waals surface area contributed by atoms with Crippen LogP contribution in [0.25, 0.3) is 11.6 Å². The molecule has 0 amide bonds. The van der Waals surface area contributed by atoms with Gasteiger partial charge in [-0.1, -0.05) is 51.7 Å². The molecular formula is C18H11BrClNO. The second-order valence-electron chi connectivity index (χ2n) is 4.36. The third kappa shape index (κ3) is 4.15. The van der Waals surface area contributed by atoms with Crippen molar-refractivity contribution < 1.29 is 4.74 Å². The molecule has 0 aromatic heterocycles. The number of nitrogens with zero attached hydrogens (tertiary/aromatic N) is 1. The van der Waals surface area contributed by atoms with E-state index < -0.39 is 0 Å². The van der Waals surface area contributed by atoms with Gasteiger partial charge in [0.25, 0.3) is 0 Å². The Morgan fingerprint density at radius 1 is 1.27 bits per heavy atom. The minimum atomic E-state index is 0.164. The first kappa shape index (κ1) is 16.2. The molecule has 0 radical (unpaired) electrons. The fourth-order valence-corrected chi connectivity index (χ4v) is 2.33. The van der Waals surface area contributed by atoms with Crippen molar-refractivity contribution in [1.29, 1.82) is 5.26 Å². The highest BCUT2D eigenvalue weighted by atomic mass is 79.9. The normalized spacial score (nSPS) is 10.6. The van der Waals surface area contributed by atoms with E-state index in [1.165, 1.54) is 0 Å². The van der Waals surface area contributed by atoms with Gasteiger partial charge < -0.3 is 4.74 Å². The van der Waals surface area contributed by atoms with E-state index in [2.05, 4.69) is 27.9 Å². The van der Waals surface area contributed by atoms with E-state index in [9.17, 15) is 5.26 Å². The number of hydrogen-bond acceptors (Lipinski definition) is 2. The molecule has 0 spiro atoms. The average molecular weight is 373 g/mol. The summed E-state index contributed by atoms with van der Waals surface area (Å²) in [6.45, 7) is 0.164. The maximum atomic E-state index is 9.34. The van der Waals surface area contributed by atoms with E-state index in [0.29, 0.717) is 16.3 Å². The number of nitriles is 1. The summed E-state index contributed by atoms with van der Waals surface area (Å²) in [6, 6.07) is 15.1. The van der Waals surface area contributed by atoms with Crippen LogP contribution in [0.4, 0.5) is 0 Å². The fraction of sp³-hybridized carbons (Fsp3) is 0.0556. The standard InChI is InChI=1S/C18H11BrClNO/c1-2-9-22-18-8-3-13(11-17(18)20)10-15(12-21)14-4-6-16(19)7-5-14/h1,3-8,10-11H,9H2/b15-10+. The van der Waals surface area contributed by atoms with Crippen molar-refractivity contribution >= 4 is 39.2 Å². The lowest BCUT2D eigenvalue weighted by Gasteiger charge is -2.06. The molecular weight excluding hydrogens is 362 g/mol. The van der Waals surface area contributed by atoms with E-state index in [-0.39, 0.29) is 6.61 Å². The predicted octanol–water partition coefficient (Wildman–Crippen LogP) is 5.18. The van der Waals surface area contributed by atoms with Crippen molar-refractivity contribution in [3.63, 3.8) is 0 Å². The molecule has 0 unspecified atom stereocenters. The maximum absolute atomic E-state index is 9.34. The van der Waals surface area contributed by atoms with E-state index in [4.69, 9.17) is 22.8 Å². The van der Waals surface area contributed by atoms with Crippen LogP contribution < -0.4 is 4.74 Å². The molecule has 0 aliphatic carbocycles. The number of allylic oxidation sites excluding steroid dienone is 1. The number of rotatable bonds is 4. The van der Waals surface area contributed by atoms with Crippen molar-refractivity contribution in [2.45, 2.75) is 0 Å². The summed E-state index contributed by atoms with van der Waals surface area (Å²) in [6.07, 6.45) is 6.93. The Kier molecular flexibility index (Phi) is 5.67. The second kappa shape index (κ2) is 7.71. The van der Waals surface area contributed by atoms with E-state index in [1.807, 2.05) is 30.3 Å². The van der Waals surface area contributed by atoms with Gasteiger partial charge in [-0.2, -0.15) is 5.26 Å². The van der Waals surface area contributed by atoms with Gasteiger partial charge in [0.05, 0.1) is 16.7 Å². The monoisotopic (exact) mass is 371 g/mol. The molecule has 0 aliphatic rings. The number of halogens is 2. The first-order valence-electron chi connectivity index (χ1n) is 6.37. The summed E-state index contributed by atoms with van der Waals surface area (Å²) >= 11 is 9.52. The molecule has 0 aliphatic heterocycles. The third-order valence-corrected chi connectivity index (χ3v) is 3.68. The molecule has 0 saturated carbocycles. The van der Waals surface area contributed by atoms with Crippen LogP contribution in [-0.2, 0) is 0 Å². The Hall–Kier alpha value is -2.20. The van der Waals surface area contributed by atoms with Gasteiger partial charge in [0.2, 0.25) is 0 Å². The Morgan fingerprint density at radius 3 is 2.59 bits per heavy atom. The smallest absolute Gasteiger partial charge is 0.148 e. The van der Waals surface area contributed by atoms with Gasteiger partial charge in [0, 0.05) is 4.47 Å². The zero-order valence-electron chi connectivity index (χ0n) is 11.5. The molecule has 22 heavy (non-hydrogen) atoms. The Balaban J connectivity index is 2.31. The van der Waals surface area contributed by atoms with Crippen LogP contribution in [0.5, 0.6) is 5.75 Å². The zero-order valence-corrected chi connectivity index (χ0v) is 13.9. The van der Waals surface area contributed by atoms with Crippen LogP contribution in [-0.4, -0.2) is 6.61 Å². The van der Waals surface area contributed by atoms with Crippen LogP contribution in [0.2, 0.25) is 5.02 Å². The lowest BCUT2D eigenvalue weighted by Crippen LogP contribution is -1.94. The summed E-state index contributed by atoms with van der Waals surface area (Å²) in [4.78, 5) is 0. The lowest BCUT2D eigenvalue weighted by molar-refractivity contribution is 0.370. The maximum Gasteiger partial charge on any atom is 0.148 e. The molecule has 0 fully saturated rings. The SMILES string of the molecule is C#CCOc1ccc(/C=C(\C#N)c2ccc(Br)cc2)cc1Cl. The molecule has 4 heteroatoms.